The second-order valence-electron chi connectivity index (χ2n) is 5.84. The summed E-state index contributed by atoms with van der Waals surface area (Å²) in [5, 5.41) is 4.32. The lowest BCUT2D eigenvalue weighted by Crippen LogP contribution is -2.15. The first kappa shape index (κ1) is 14.4. The topological polar surface area (TPSA) is 15.3 Å². The Morgan fingerprint density at radius 2 is 2.00 bits per heavy atom. The summed E-state index contributed by atoms with van der Waals surface area (Å²) in [5.41, 5.74) is 4.69. The molecular weight excluding hydrogens is 280 g/mol. The molecule has 0 amide bonds. The van der Waals surface area contributed by atoms with Gasteiger partial charge in [-0.3, -0.25) is 0 Å². The Hall–Kier alpha value is -1.51. The molecule has 0 spiro atoms. The minimum absolute atomic E-state index is 0.721. The molecule has 0 radical (unpaired) electrons. The predicted octanol–water partition coefficient (Wildman–Crippen LogP) is 4.67. The molecule has 1 fully saturated rings. The molecule has 0 unspecified atom stereocenters. The second-order valence-corrected chi connectivity index (χ2v) is 6.25. The van der Waals surface area contributed by atoms with E-state index in [0.717, 1.165) is 29.0 Å². The fourth-order valence-electron chi connectivity index (χ4n) is 2.46. The molecular formula is C18H21ClN2. The lowest BCUT2D eigenvalue weighted by molar-refractivity contribution is 0.688. The Labute approximate surface area is 131 Å². The van der Waals surface area contributed by atoms with Gasteiger partial charge in [-0.15, -0.1) is 0 Å². The third kappa shape index (κ3) is 3.58. The molecule has 3 heteroatoms. The maximum absolute atomic E-state index is 6.48. The summed E-state index contributed by atoms with van der Waals surface area (Å²) >= 11 is 6.48. The number of nitrogens with one attached hydrogen (secondary N) is 1. The first-order valence-electron chi connectivity index (χ1n) is 7.46. The predicted molar refractivity (Wildman–Crippen MR) is 90.6 cm³/mol. The van der Waals surface area contributed by atoms with Gasteiger partial charge in [0.25, 0.3) is 0 Å². The van der Waals surface area contributed by atoms with E-state index in [0.29, 0.717) is 0 Å². The Morgan fingerprint density at radius 3 is 2.67 bits per heavy atom. The van der Waals surface area contributed by atoms with E-state index in [9.17, 15) is 0 Å². The molecule has 1 saturated carbocycles. The van der Waals surface area contributed by atoms with Crippen molar-refractivity contribution in [2.24, 2.45) is 0 Å². The van der Waals surface area contributed by atoms with Crippen LogP contribution in [0.1, 0.15) is 24.0 Å². The van der Waals surface area contributed by atoms with Gasteiger partial charge in [0.05, 0.1) is 10.7 Å². The summed E-state index contributed by atoms with van der Waals surface area (Å²) in [7, 11) is 2.05. The number of aryl methyl sites for hydroxylation is 1. The fraction of sp³-hybridized carbons (Fsp3) is 0.333. The third-order valence-electron chi connectivity index (χ3n) is 3.93. The Kier molecular flexibility index (Phi) is 4.18. The van der Waals surface area contributed by atoms with Gasteiger partial charge >= 0.3 is 0 Å². The van der Waals surface area contributed by atoms with Crippen LogP contribution in [0.2, 0.25) is 5.02 Å². The zero-order valence-electron chi connectivity index (χ0n) is 12.6. The number of rotatable bonds is 5. The first-order valence-corrected chi connectivity index (χ1v) is 7.83. The van der Waals surface area contributed by atoms with Crippen molar-refractivity contribution in [1.82, 2.24) is 5.32 Å². The maximum atomic E-state index is 6.48. The third-order valence-corrected chi connectivity index (χ3v) is 4.24. The van der Waals surface area contributed by atoms with E-state index in [1.165, 1.54) is 24.0 Å². The molecule has 0 heterocycles. The average molecular weight is 301 g/mol. The van der Waals surface area contributed by atoms with Crippen LogP contribution in [0.5, 0.6) is 0 Å². The van der Waals surface area contributed by atoms with Crippen molar-refractivity contribution in [2.45, 2.75) is 32.4 Å². The molecule has 0 aromatic heterocycles. The van der Waals surface area contributed by atoms with E-state index in [2.05, 4.69) is 66.7 Å². The number of nitrogens with zero attached hydrogens (tertiary/aromatic N) is 1. The van der Waals surface area contributed by atoms with Gasteiger partial charge in [-0.05, 0) is 55.2 Å². The quantitative estimate of drug-likeness (QED) is 0.863. The summed E-state index contributed by atoms with van der Waals surface area (Å²) in [6.07, 6.45) is 2.61. The smallest absolute Gasteiger partial charge is 0.0646 e. The van der Waals surface area contributed by atoms with Gasteiger partial charge in [0.15, 0.2) is 0 Å². The van der Waals surface area contributed by atoms with Crippen molar-refractivity contribution in [3.63, 3.8) is 0 Å². The highest BCUT2D eigenvalue weighted by atomic mass is 35.5. The summed E-state index contributed by atoms with van der Waals surface area (Å²) in [4.78, 5) is 2.13. The average Bonchev–Trinajstić information content (AvgIpc) is 3.29. The minimum atomic E-state index is 0.721. The summed E-state index contributed by atoms with van der Waals surface area (Å²) in [6.45, 7) is 3.00. The SMILES string of the molecule is Cc1cccc(N(C)c2ccc(CNC3CC3)cc2Cl)c1. The lowest BCUT2D eigenvalue weighted by Gasteiger charge is -2.21. The molecule has 1 aliphatic rings. The number of hydrogen-bond acceptors (Lipinski definition) is 2. The van der Waals surface area contributed by atoms with Crippen LogP contribution in [0.15, 0.2) is 42.5 Å². The van der Waals surface area contributed by atoms with Crippen LogP contribution < -0.4 is 10.2 Å². The molecule has 0 saturated heterocycles. The van der Waals surface area contributed by atoms with Crippen molar-refractivity contribution < 1.29 is 0 Å². The van der Waals surface area contributed by atoms with Crippen LogP contribution in [0, 0.1) is 6.92 Å². The zero-order chi connectivity index (χ0) is 14.8. The van der Waals surface area contributed by atoms with Gasteiger partial charge in [0, 0.05) is 25.3 Å². The van der Waals surface area contributed by atoms with Gasteiger partial charge in [0.1, 0.15) is 0 Å². The van der Waals surface area contributed by atoms with E-state index in [-0.39, 0.29) is 0 Å². The van der Waals surface area contributed by atoms with Gasteiger partial charge in [0.2, 0.25) is 0 Å². The first-order chi connectivity index (χ1) is 10.1. The largest absolute Gasteiger partial charge is 0.343 e. The van der Waals surface area contributed by atoms with Gasteiger partial charge in [-0.2, -0.15) is 0 Å². The molecule has 1 aliphatic carbocycles. The van der Waals surface area contributed by atoms with E-state index < -0.39 is 0 Å². The Bertz CT molecular complexity index is 635. The highest BCUT2D eigenvalue weighted by Gasteiger charge is 2.20. The molecule has 1 N–H and O–H groups in total. The van der Waals surface area contributed by atoms with E-state index in [4.69, 9.17) is 11.6 Å². The lowest BCUT2D eigenvalue weighted by atomic mass is 10.1. The summed E-state index contributed by atoms with van der Waals surface area (Å²) in [5.74, 6) is 0. The molecule has 0 atom stereocenters. The van der Waals surface area contributed by atoms with Gasteiger partial charge < -0.3 is 10.2 Å². The molecule has 0 bridgehead atoms. The van der Waals surface area contributed by atoms with Crippen LogP contribution in [-0.2, 0) is 6.54 Å². The van der Waals surface area contributed by atoms with E-state index >= 15 is 0 Å². The normalized spacial score (nSPS) is 14.2. The van der Waals surface area contributed by atoms with E-state index in [1.807, 2.05) is 0 Å². The van der Waals surface area contributed by atoms with Crippen LogP contribution in [-0.4, -0.2) is 13.1 Å². The van der Waals surface area contributed by atoms with Crippen LogP contribution in [0.3, 0.4) is 0 Å². The van der Waals surface area contributed by atoms with Crippen molar-refractivity contribution in [3.8, 4) is 0 Å². The monoisotopic (exact) mass is 300 g/mol. The molecule has 2 nitrogen and oxygen atoms in total. The van der Waals surface area contributed by atoms with Crippen molar-refractivity contribution >= 4 is 23.0 Å². The number of halogens is 1. The van der Waals surface area contributed by atoms with Crippen LogP contribution in [0.25, 0.3) is 0 Å². The van der Waals surface area contributed by atoms with Crippen LogP contribution >= 0.6 is 11.6 Å². The van der Waals surface area contributed by atoms with Crippen LogP contribution in [0.4, 0.5) is 11.4 Å². The molecule has 2 aromatic carbocycles. The standard InChI is InChI=1S/C18H21ClN2/c1-13-4-3-5-16(10-13)21(2)18-9-6-14(11-17(18)19)12-20-15-7-8-15/h3-6,9-11,15,20H,7-8,12H2,1-2H3. The van der Waals surface area contributed by atoms with Crippen molar-refractivity contribution in [1.29, 1.82) is 0 Å². The number of hydrogen-bond donors (Lipinski definition) is 1. The van der Waals surface area contributed by atoms with Crippen molar-refractivity contribution in [3.05, 3.63) is 58.6 Å². The van der Waals surface area contributed by atoms with Gasteiger partial charge in [-0.25, -0.2) is 0 Å². The van der Waals surface area contributed by atoms with E-state index in [1.54, 1.807) is 0 Å². The Balaban J connectivity index is 1.77. The minimum Gasteiger partial charge on any atom is -0.343 e. The second kappa shape index (κ2) is 6.08. The molecule has 2 aromatic rings. The van der Waals surface area contributed by atoms with Crippen molar-refractivity contribution in [2.75, 3.05) is 11.9 Å². The summed E-state index contributed by atoms with van der Waals surface area (Å²) < 4.78 is 0. The molecule has 21 heavy (non-hydrogen) atoms. The number of anilines is 2. The Morgan fingerprint density at radius 1 is 1.19 bits per heavy atom. The number of benzene rings is 2. The zero-order valence-corrected chi connectivity index (χ0v) is 13.3. The summed E-state index contributed by atoms with van der Waals surface area (Å²) in [6, 6.07) is 15.5. The molecule has 3 rings (SSSR count). The fourth-order valence-corrected chi connectivity index (χ4v) is 2.79. The highest BCUT2D eigenvalue weighted by Crippen LogP contribution is 2.32. The highest BCUT2D eigenvalue weighted by molar-refractivity contribution is 6.33. The maximum Gasteiger partial charge on any atom is 0.0646 e. The molecule has 0 aliphatic heterocycles. The van der Waals surface area contributed by atoms with Gasteiger partial charge in [-0.1, -0.05) is 29.8 Å². The molecule has 110 valence electrons.